The average Bonchev–Trinajstić information content (AvgIpc) is 2.67. The number of nitrogens with one attached hydrogen (secondary N) is 1. The summed E-state index contributed by atoms with van der Waals surface area (Å²) < 4.78 is 0. The third kappa shape index (κ3) is 5.64. The Morgan fingerprint density at radius 2 is 1.71 bits per heavy atom. The quantitative estimate of drug-likeness (QED) is 0.786. The van der Waals surface area contributed by atoms with Crippen LogP contribution in [0, 0.1) is 11.8 Å². The van der Waals surface area contributed by atoms with Gasteiger partial charge in [-0.3, -0.25) is 0 Å². The van der Waals surface area contributed by atoms with Gasteiger partial charge in [-0.05, 0) is 31.6 Å². The second-order valence-electron chi connectivity index (χ2n) is 5.71. The van der Waals surface area contributed by atoms with Crippen LogP contribution in [-0.2, 0) is 0 Å². The molecule has 0 amide bonds. The predicted molar refractivity (Wildman–Crippen MR) is 76.4 cm³/mol. The monoisotopic (exact) mass is 254 g/mol. The van der Waals surface area contributed by atoms with Crippen molar-refractivity contribution in [2.45, 2.75) is 59.5 Å². The summed E-state index contributed by atoms with van der Waals surface area (Å²) in [6, 6.07) is 0.978. The zero-order valence-corrected chi connectivity index (χ0v) is 12.6. The maximum Gasteiger partial charge on any atom is 0.109 e. The third-order valence-corrected chi connectivity index (χ3v) is 3.78. The lowest BCUT2D eigenvalue weighted by atomic mass is 9.95. The molecule has 0 aliphatic heterocycles. The van der Waals surface area contributed by atoms with Crippen LogP contribution in [0.2, 0.25) is 0 Å². The van der Waals surface area contributed by atoms with E-state index < -0.39 is 0 Å². The fraction of sp³-hybridized carbons (Fsp3) is 0.786. The molecule has 1 aromatic heterocycles. The second kappa shape index (κ2) is 7.12. The van der Waals surface area contributed by atoms with Crippen molar-refractivity contribution in [1.82, 2.24) is 10.3 Å². The molecule has 98 valence electrons. The van der Waals surface area contributed by atoms with Gasteiger partial charge in [0.2, 0.25) is 0 Å². The van der Waals surface area contributed by atoms with Crippen LogP contribution in [0.25, 0.3) is 0 Å². The summed E-state index contributed by atoms with van der Waals surface area (Å²) >= 11 is 1.74. The Morgan fingerprint density at radius 1 is 1.12 bits per heavy atom. The van der Waals surface area contributed by atoms with E-state index in [0.717, 1.165) is 11.8 Å². The van der Waals surface area contributed by atoms with Crippen molar-refractivity contribution in [2.75, 3.05) is 0 Å². The summed E-state index contributed by atoms with van der Waals surface area (Å²) in [6.45, 7) is 11.4. The lowest BCUT2D eigenvalue weighted by Gasteiger charge is -2.25. The molecule has 0 bridgehead atoms. The van der Waals surface area contributed by atoms with Gasteiger partial charge in [0, 0.05) is 17.6 Å². The molecular weight excluding hydrogens is 228 g/mol. The second-order valence-corrected chi connectivity index (χ2v) is 6.64. The molecule has 1 rings (SSSR count). The van der Waals surface area contributed by atoms with Crippen molar-refractivity contribution in [2.24, 2.45) is 11.8 Å². The van der Waals surface area contributed by atoms with Gasteiger partial charge < -0.3 is 5.32 Å². The fourth-order valence-electron chi connectivity index (χ4n) is 2.24. The van der Waals surface area contributed by atoms with Gasteiger partial charge in [0.15, 0.2) is 0 Å². The number of thiazole rings is 1. The zero-order chi connectivity index (χ0) is 12.8. The maximum absolute atomic E-state index is 4.38. The zero-order valence-electron chi connectivity index (χ0n) is 11.7. The highest BCUT2D eigenvalue weighted by atomic mass is 32.1. The van der Waals surface area contributed by atoms with Crippen molar-refractivity contribution >= 4 is 11.3 Å². The summed E-state index contributed by atoms with van der Waals surface area (Å²) in [4.78, 5) is 4.38. The smallest absolute Gasteiger partial charge is 0.109 e. The molecule has 0 aliphatic rings. The lowest BCUT2D eigenvalue weighted by Crippen LogP contribution is -2.33. The van der Waals surface area contributed by atoms with Crippen LogP contribution in [0.3, 0.4) is 0 Å². The van der Waals surface area contributed by atoms with Gasteiger partial charge in [-0.2, -0.15) is 0 Å². The first-order valence-corrected chi connectivity index (χ1v) is 7.52. The van der Waals surface area contributed by atoms with E-state index in [1.807, 2.05) is 11.6 Å². The van der Waals surface area contributed by atoms with Crippen LogP contribution in [-0.4, -0.2) is 11.0 Å². The van der Waals surface area contributed by atoms with E-state index >= 15 is 0 Å². The lowest BCUT2D eigenvalue weighted by molar-refractivity contribution is 0.335. The van der Waals surface area contributed by atoms with E-state index in [4.69, 9.17) is 0 Å². The summed E-state index contributed by atoms with van der Waals surface area (Å²) in [5.74, 6) is 1.49. The normalized spacial score (nSPS) is 13.9. The number of hydrogen-bond donors (Lipinski definition) is 1. The van der Waals surface area contributed by atoms with Crippen molar-refractivity contribution in [3.63, 3.8) is 0 Å². The van der Waals surface area contributed by atoms with Crippen LogP contribution >= 0.6 is 11.3 Å². The van der Waals surface area contributed by atoms with Crippen LogP contribution in [0.5, 0.6) is 0 Å². The molecule has 0 aromatic carbocycles. The van der Waals surface area contributed by atoms with Crippen molar-refractivity contribution in [1.29, 1.82) is 0 Å². The number of rotatable bonds is 7. The molecule has 0 fully saturated rings. The van der Waals surface area contributed by atoms with Crippen LogP contribution in [0.1, 0.15) is 58.5 Å². The third-order valence-electron chi connectivity index (χ3n) is 2.82. The SMILES string of the molecule is CC(C)CC(CC(C)C)NC(C)c1nccs1. The highest BCUT2D eigenvalue weighted by Crippen LogP contribution is 2.20. The molecule has 1 N–H and O–H groups in total. The minimum atomic E-state index is 0.373. The first kappa shape index (κ1) is 14.7. The highest BCUT2D eigenvalue weighted by molar-refractivity contribution is 7.09. The first-order chi connectivity index (χ1) is 7.99. The van der Waals surface area contributed by atoms with Crippen molar-refractivity contribution < 1.29 is 0 Å². The molecule has 0 spiro atoms. The first-order valence-electron chi connectivity index (χ1n) is 6.64. The topological polar surface area (TPSA) is 24.9 Å². The van der Waals surface area contributed by atoms with E-state index in [1.165, 1.54) is 17.8 Å². The number of nitrogens with zero attached hydrogens (tertiary/aromatic N) is 1. The molecule has 1 atom stereocenters. The summed E-state index contributed by atoms with van der Waals surface area (Å²) in [5.41, 5.74) is 0. The van der Waals surface area contributed by atoms with E-state index in [9.17, 15) is 0 Å². The minimum absolute atomic E-state index is 0.373. The van der Waals surface area contributed by atoms with E-state index in [2.05, 4.69) is 44.9 Å². The largest absolute Gasteiger partial charge is 0.305 e. The Kier molecular flexibility index (Phi) is 6.14. The van der Waals surface area contributed by atoms with E-state index in [0.29, 0.717) is 12.1 Å². The minimum Gasteiger partial charge on any atom is -0.305 e. The fourth-order valence-corrected chi connectivity index (χ4v) is 2.90. The van der Waals surface area contributed by atoms with Gasteiger partial charge in [-0.1, -0.05) is 27.7 Å². The predicted octanol–water partition coefficient (Wildman–Crippen LogP) is 4.25. The van der Waals surface area contributed by atoms with E-state index in [-0.39, 0.29) is 0 Å². The molecule has 3 heteroatoms. The number of hydrogen-bond acceptors (Lipinski definition) is 3. The summed E-state index contributed by atoms with van der Waals surface area (Å²) in [7, 11) is 0. The van der Waals surface area contributed by atoms with E-state index in [1.54, 1.807) is 11.3 Å². The Labute approximate surface area is 110 Å². The maximum atomic E-state index is 4.38. The molecular formula is C14H26N2S. The summed E-state index contributed by atoms with van der Waals surface area (Å²) in [5, 5.41) is 6.98. The van der Waals surface area contributed by atoms with Crippen LogP contribution in [0.4, 0.5) is 0 Å². The average molecular weight is 254 g/mol. The van der Waals surface area contributed by atoms with Crippen LogP contribution in [0.15, 0.2) is 11.6 Å². The summed E-state index contributed by atoms with van der Waals surface area (Å²) in [6.07, 6.45) is 4.37. The van der Waals surface area contributed by atoms with Crippen molar-refractivity contribution in [3.8, 4) is 0 Å². The Hall–Kier alpha value is -0.410. The van der Waals surface area contributed by atoms with Gasteiger partial charge >= 0.3 is 0 Å². The van der Waals surface area contributed by atoms with Crippen LogP contribution < -0.4 is 5.32 Å². The molecule has 1 heterocycles. The Balaban J connectivity index is 2.52. The Bertz CT molecular complexity index is 283. The standard InChI is InChI=1S/C14H26N2S/c1-10(2)8-13(9-11(3)4)16-12(5)14-15-6-7-17-14/h6-7,10-13,16H,8-9H2,1-5H3. The molecule has 17 heavy (non-hydrogen) atoms. The van der Waals surface area contributed by atoms with Gasteiger partial charge in [0.1, 0.15) is 5.01 Å². The molecule has 0 aliphatic carbocycles. The highest BCUT2D eigenvalue weighted by Gasteiger charge is 2.17. The molecule has 0 saturated heterocycles. The molecule has 0 radical (unpaired) electrons. The van der Waals surface area contributed by atoms with Crippen molar-refractivity contribution in [3.05, 3.63) is 16.6 Å². The van der Waals surface area contributed by atoms with Gasteiger partial charge in [-0.15, -0.1) is 11.3 Å². The van der Waals surface area contributed by atoms with Gasteiger partial charge in [0.25, 0.3) is 0 Å². The van der Waals surface area contributed by atoms with Gasteiger partial charge in [-0.25, -0.2) is 4.98 Å². The molecule has 1 aromatic rings. The number of aromatic nitrogens is 1. The molecule has 2 nitrogen and oxygen atoms in total. The Morgan fingerprint density at radius 3 is 2.12 bits per heavy atom. The molecule has 1 unspecified atom stereocenters. The van der Waals surface area contributed by atoms with Gasteiger partial charge in [0.05, 0.1) is 6.04 Å². The molecule has 0 saturated carbocycles.